The largest absolute Gasteiger partial charge is 0.508 e. The number of fused-ring (bicyclic) bond motifs is 1. The van der Waals surface area contributed by atoms with Crippen LogP contribution in [0.3, 0.4) is 0 Å². The van der Waals surface area contributed by atoms with E-state index in [1.807, 2.05) is 63.2 Å². The zero-order valence-corrected chi connectivity index (χ0v) is 23.7. The molecule has 0 saturated heterocycles. The third kappa shape index (κ3) is 6.84. The Balaban J connectivity index is 1.59. The second kappa shape index (κ2) is 12.3. The Morgan fingerprint density at radius 2 is 1.82 bits per heavy atom. The molecule has 0 aromatic heterocycles. The summed E-state index contributed by atoms with van der Waals surface area (Å²) in [4.78, 5) is 4.14. The molecule has 6 nitrogen and oxygen atoms in total. The van der Waals surface area contributed by atoms with E-state index in [2.05, 4.69) is 11.0 Å². The van der Waals surface area contributed by atoms with Crippen molar-refractivity contribution < 1.29 is 24.1 Å². The number of hydrogen-bond donors (Lipinski definition) is 2. The molecule has 3 aromatic rings. The number of phenolic OH excluding ortho intramolecular Hbond substituents is 1. The molecule has 4 rings (SSSR count). The molecule has 2 N–H and O–H groups in total. The molecule has 210 valence electrons. The van der Waals surface area contributed by atoms with Crippen molar-refractivity contribution >= 4 is 5.69 Å². The highest BCUT2D eigenvalue weighted by Gasteiger charge is 2.26. The Labute approximate surface area is 231 Å². The molecule has 0 aliphatic heterocycles. The summed E-state index contributed by atoms with van der Waals surface area (Å²) in [7, 11) is 5.59. The van der Waals surface area contributed by atoms with Gasteiger partial charge in [0, 0.05) is 30.4 Å². The molecule has 0 amide bonds. The highest BCUT2D eigenvalue weighted by molar-refractivity contribution is 5.60. The van der Waals surface area contributed by atoms with Crippen LogP contribution >= 0.6 is 0 Å². The number of benzene rings is 3. The van der Waals surface area contributed by atoms with Gasteiger partial charge in [-0.3, -0.25) is 0 Å². The quantitative estimate of drug-likeness (QED) is 0.336. The van der Waals surface area contributed by atoms with Crippen LogP contribution in [0.5, 0.6) is 17.2 Å². The Kier molecular flexibility index (Phi) is 9.03. The number of anilines is 1. The molecular weight excluding hydrogens is 495 g/mol. The number of halogens is 1. The Morgan fingerprint density at radius 1 is 1.03 bits per heavy atom. The molecular formula is C32H41FN2O4. The highest BCUT2D eigenvalue weighted by atomic mass is 19.1. The van der Waals surface area contributed by atoms with Crippen LogP contribution in [-0.4, -0.2) is 61.6 Å². The minimum Gasteiger partial charge on any atom is -0.508 e. The van der Waals surface area contributed by atoms with Crippen LogP contribution in [0.4, 0.5) is 10.1 Å². The van der Waals surface area contributed by atoms with E-state index in [0.717, 1.165) is 36.3 Å². The van der Waals surface area contributed by atoms with E-state index in [1.54, 1.807) is 19.2 Å². The number of aromatic hydroxyl groups is 1. The van der Waals surface area contributed by atoms with Gasteiger partial charge >= 0.3 is 0 Å². The lowest BCUT2D eigenvalue weighted by Crippen LogP contribution is -2.43. The van der Waals surface area contributed by atoms with E-state index in [4.69, 9.17) is 9.47 Å². The lowest BCUT2D eigenvalue weighted by molar-refractivity contribution is 0.111. The van der Waals surface area contributed by atoms with Gasteiger partial charge in [0.2, 0.25) is 0 Å². The second-order valence-electron chi connectivity index (χ2n) is 11.2. The van der Waals surface area contributed by atoms with Gasteiger partial charge in [-0.2, -0.15) is 0 Å². The summed E-state index contributed by atoms with van der Waals surface area (Å²) in [5.41, 5.74) is 5.15. The number of likely N-dealkylation sites (N-methyl/N-ethyl adjacent to an activating group) is 1. The van der Waals surface area contributed by atoms with Crippen LogP contribution in [0.2, 0.25) is 0 Å². The third-order valence-electron chi connectivity index (χ3n) is 7.97. The van der Waals surface area contributed by atoms with E-state index in [0.29, 0.717) is 25.4 Å². The molecule has 0 fully saturated rings. The van der Waals surface area contributed by atoms with Crippen molar-refractivity contribution in [3.05, 3.63) is 82.7 Å². The van der Waals surface area contributed by atoms with Crippen LogP contribution in [0.15, 0.2) is 54.6 Å². The van der Waals surface area contributed by atoms with Gasteiger partial charge in [-0.25, -0.2) is 4.39 Å². The number of rotatable bonds is 11. The highest BCUT2D eigenvalue weighted by Crippen LogP contribution is 2.40. The summed E-state index contributed by atoms with van der Waals surface area (Å²) >= 11 is 0. The van der Waals surface area contributed by atoms with Crippen molar-refractivity contribution in [3.63, 3.8) is 0 Å². The lowest BCUT2D eigenvalue weighted by Gasteiger charge is -2.32. The molecule has 0 unspecified atom stereocenters. The zero-order chi connectivity index (χ0) is 28.2. The van der Waals surface area contributed by atoms with E-state index in [9.17, 15) is 10.2 Å². The summed E-state index contributed by atoms with van der Waals surface area (Å²) in [6.07, 6.45) is 2.70. The molecule has 0 spiro atoms. The summed E-state index contributed by atoms with van der Waals surface area (Å²) in [5.74, 6) is 1.14. The van der Waals surface area contributed by atoms with Crippen molar-refractivity contribution in [2.75, 3.05) is 45.9 Å². The fraction of sp³-hybridized carbons (Fsp3) is 0.438. The smallest absolute Gasteiger partial charge is 0.165 e. The van der Waals surface area contributed by atoms with Gasteiger partial charge in [0.25, 0.3) is 0 Å². The number of hydrogen-bond acceptors (Lipinski definition) is 6. The number of aliphatic hydroxyl groups is 1. The minimum atomic E-state index is -0.399. The van der Waals surface area contributed by atoms with Crippen LogP contribution in [-0.2, 0) is 19.4 Å². The standard InChI is InChI=1S/C32H41FN2O4/c1-32(2,34(3)4)21-39-31-13-6-22(16-29(31)33)20-35(14-15-36)30-19-27(38-5)11-12-28(30)25-8-7-24-18-26(37)10-9-23(24)17-25/h6,9-13,16,18-19,25,36-37H,7-8,14-15,17,20-21H2,1-5H3/t25-/m1/s1. The first-order valence-electron chi connectivity index (χ1n) is 13.5. The first kappa shape index (κ1) is 28.7. The number of phenols is 1. The molecule has 3 aromatic carbocycles. The molecule has 7 heteroatoms. The number of methoxy groups -OCH3 is 1. The number of aliphatic hydroxyl groups excluding tert-OH is 1. The molecule has 1 aliphatic carbocycles. The first-order chi connectivity index (χ1) is 18.6. The van der Waals surface area contributed by atoms with Gasteiger partial charge in [-0.1, -0.05) is 18.2 Å². The van der Waals surface area contributed by atoms with Gasteiger partial charge in [0.15, 0.2) is 11.6 Å². The van der Waals surface area contributed by atoms with Crippen molar-refractivity contribution in [2.24, 2.45) is 0 Å². The van der Waals surface area contributed by atoms with Crippen molar-refractivity contribution in [1.82, 2.24) is 4.90 Å². The topological polar surface area (TPSA) is 65.4 Å². The summed E-state index contributed by atoms with van der Waals surface area (Å²) < 4.78 is 26.5. The van der Waals surface area contributed by atoms with E-state index < -0.39 is 5.82 Å². The molecule has 0 radical (unpaired) electrons. The van der Waals surface area contributed by atoms with Crippen LogP contribution in [0.1, 0.15) is 48.4 Å². The molecule has 0 saturated carbocycles. The molecule has 1 aliphatic rings. The maximum atomic E-state index is 15.1. The number of nitrogens with zero attached hydrogens (tertiary/aromatic N) is 2. The number of ether oxygens (including phenoxy) is 2. The van der Waals surface area contributed by atoms with Gasteiger partial charge in [0.05, 0.1) is 13.7 Å². The zero-order valence-electron chi connectivity index (χ0n) is 23.7. The minimum absolute atomic E-state index is 0.0350. The Hall–Kier alpha value is -3.29. The molecule has 1 atom stereocenters. The Morgan fingerprint density at radius 3 is 2.51 bits per heavy atom. The average molecular weight is 537 g/mol. The van der Waals surface area contributed by atoms with E-state index >= 15 is 4.39 Å². The fourth-order valence-electron chi connectivity index (χ4n) is 5.05. The normalized spacial score (nSPS) is 15.2. The predicted octanol–water partition coefficient (Wildman–Crippen LogP) is 5.53. The summed E-state index contributed by atoms with van der Waals surface area (Å²) in [5, 5.41) is 19.8. The average Bonchev–Trinajstić information content (AvgIpc) is 2.91. The monoisotopic (exact) mass is 536 g/mol. The lowest BCUT2D eigenvalue weighted by atomic mass is 9.79. The van der Waals surface area contributed by atoms with Gasteiger partial charge in [-0.05, 0) is 106 Å². The van der Waals surface area contributed by atoms with E-state index in [-0.39, 0.29) is 23.8 Å². The van der Waals surface area contributed by atoms with Gasteiger partial charge in [0.1, 0.15) is 18.1 Å². The molecule has 0 heterocycles. The summed E-state index contributed by atoms with van der Waals surface area (Å²) in [6, 6.07) is 16.8. The SMILES string of the molecule is COc1ccc([C@@H]2CCc3cc(O)ccc3C2)c(N(CCO)Cc2ccc(OCC(C)(C)N(C)C)c(F)c2)c1. The molecule has 0 bridgehead atoms. The van der Waals surface area contributed by atoms with Gasteiger partial charge < -0.3 is 29.5 Å². The molecule has 39 heavy (non-hydrogen) atoms. The predicted molar refractivity (Wildman–Crippen MR) is 154 cm³/mol. The first-order valence-corrected chi connectivity index (χ1v) is 13.5. The van der Waals surface area contributed by atoms with E-state index in [1.165, 1.54) is 22.8 Å². The maximum absolute atomic E-state index is 15.1. The van der Waals surface area contributed by atoms with Crippen molar-refractivity contribution in [3.8, 4) is 17.2 Å². The maximum Gasteiger partial charge on any atom is 0.165 e. The Bertz CT molecular complexity index is 1280. The summed E-state index contributed by atoms with van der Waals surface area (Å²) in [6.45, 7) is 5.25. The third-order valence-corrected chi connectivity index (χ3v) is 7.97. The van der Waals surface area contributed by atoms with Crippen LogP contribution < -0.4 is 14.4 Å². The van der Waals surface area contributed by atoms with Crippen molar-refractivity contribution in [2.45, 2.75) is 51.1 Å². The number of aryl methyl sites for hydroxylation is 1. The van der Waals surface area contributed by atoms with Crippen LogP contribution in [0.25, 0.3) is 0 Å². The van der Waals surface area contributed by atoms with Crippen LogP contribution in [0, 0.1) is 5.82 Å². The second-order valence-corrected chi connectivity index (χ2v) is 11.2. The van der Waals surface area contributed by atoms with Crippen molar-refractivity contribution in [1.29, 1.82) is 0 Å². The fourth-order valence-corrected chi connectivity index (χ4v) is 5.05. The van der Waals surface area contributed by atoms with Gasteiger partial charge in [-0.15, -0.1) is 0 Å².